The highest BCUT2D eigenvalue weighted by Gasteiger charge is 2.32. The lowest BCUT2D eigenvalue weighted by molar-refractivity contribution is -0.126. The van der Waals surface area contributed by atoms with E-state index in [1.807, 2.05) is 11.4 Å². The van der Waals surface area contributed by atoms with Crippen molar-refractivity contribution in [3.05, 3.63) is 58.0 Å². The van der Waals surface area contributed by atoms with Crippen LogP contribution in [0.25, 0.3) is 0 Å². The number of hydrogen-bond donors (Lipinski definition) is 1. The number of amides is 2. The Labute approximate surface area is 144 Å². The predicted octanol–water partition coefficient (Wildman–Crippen LogP) is 3.20. The second kappa shape index (κ2) is 7.57. The van der Waals surface area contributed by atoms with E-state index in [1.54, 1.807) is 23.1 Å². The highest BCUT2D eigenvalue weighted by Crippen LogP contribution is 2.22. The Bertz CT molecular complexity index is 718. The van der Waals surface area contributed by atoms with Gasteiger partial charge in [0.2, 0.25) is 5.91 Å². The van der Waals surface area contributed by atoms with Crippen LogP contribution in [-0.2, 0) is 11.3 Å². The van der Waals surface area contributed by atoms with Crippen LogP contribution in [0.3, 0.4) is 0 Å². The Balaban J connectivity index is 1.66. The van der Waals surface area contributed by atoms with Gasteiger partial charge in [-0.2, -0.15) is 0 Å². The molecule has 1 aliphatic rings. The minimum Gasteiger partial charge on any atom is -0.350 e. The molecule has 6 heteroatoms. The molecule has 0 aliphatic carbocycles. The second-order valence-electron chi connectivity index (χ2n) is 5.84. The number of likely N-dealkylation sites (tertiary alicyclic amines) is 1. The summed E-state index contributed by atoms with van der Waals surface area (Å²) in [5.41, 5.74) is 0.704. The van der Waals surface area contributed by atoms with Crippen molar-refractivity contribution >= 4 is 23.2 Å². The van der Waals surface area contributed by atoms with Crippen LogP contribution in [0.15, 0.2) is 41.8 Å². The van der Waals surface area contributed by atoms with Gasteiger partial charge in [-0.25, -0.2) is 4.39 Å². The molecule has 3 rings (SSSR count). The van der Waals surface area contributed by atoms with E-state index in [4.69, 9.17) is 0 Å². The molecule has 2 amide bonds. The van der Waals surface area contributed by atoms with E-state index < -0.39 is 6.04 Å². The van der Waals surface area contributed by atoms with Crippen LogP contribution in [-0.4, -0.2) is 29.3 Å². The van der Waals surface area contributed by atoms with Crippen LogP contribution in [0.4, 0.5) is 4.39 Å². The quantitative estimate of drug-likeness (QED) is 0.924. The monoisotopic (exact) mass is 346 g/mol. The van der Waals surface area contributed by atoms with Crippen molar-refractivity contribution in [3.8, 4) is 0 Å². The van der Waals surface area contributed by atoms with E-state index in [1.165, 1.54) is 23.5 Å². The molecule has 0 bridgehead atoms. The Morgan fingerprint density at radius 1 is 1.25 bits per heavy atom. The number of hydrogen-bond acceptors (Lipinski definition) is 3. The van der Waals surface area contributed by atoms with Crippen molar-refractivity contribution in [2.24, 2.45) is 0 Å². The summed E-state index contributed by atoms with van der Waals surface area (Å²) in [5, 5.41) is 4.69. The molecule has 0 spiro atoms. The average molecular weight is 346 g/mol. The second-order valence-corrected chi connectivity index (χ2v) is 6.78. The number of halogens is 1. The molecule has 1 aromatic heterocycles. The fourth-order valence-electron chi connectivity index (χ4n) is 2.94. The third-order valence-corrected chi connectivity index (χ3v) is 5.01. The summed E-state index contributed by atoms with van der Waals surface area (Å²) in [4.78, 5) is 27.5. The lowest BCUT2D eigenvalue weighted by Gasteiger charge is -2.34. The van der Waals surface area contributed by atoms with Gasteiger partial charge >= 0.3 is 0 Å². The molecule has 1 fully saturated rings. The van der Waals surface area contributed by atoms with E-state index in [-0.39, 0.29) is 24.2 Å². The Hall–Kier alpha value is -2.21. The number of nitrogens with one attached hydrogen (secondary N) is 1. The molecule has 1 aromatic carbocycles. The molecule has 1 saturated heterocycles. The molecule has 2 aromatic rings. The van der Waals surface area contributed by atoms with Gasteiger partial charge in [-0.05, 0) is 48.4 Å². The first-order valence-electron chi connectivity index (χ1n) is 8.02. The molecule has 2 heterocycles. The van der Waals surface area contributed by atoms with E-state index in [9.17, 15) is 14.0 Å². The van der Waals surface area contributed by atoms with Gasteiger partial charge in [0.25, 0.3) is 5.91 Å². The van der Waals surface area contributed by atoms with Crippen molar-refractivity contribution in [1.29, 1.82) is 0 Å². The molecule has 24 heavy (non-hydrogen) atoms. The number of thiophene rings is 1. The maximum atomic E-state index is 13.2. The maximum absolute atomic E-state index is 13.2. The molecular formula is C18H19FN2O2S. The smallest absolute Gasteiger partial charge is 0.264 e. The zero-order valence-electron chi connectivity index (χ0n) is 13.2. The number of benzene rings is 1. The average Bonchev–Trinajstić information content (AvgIpc) is 3.14. The summed E-state index contributed by atoms with van der Waals surface area (Å²) < 4.78 is 13.2. The van der Waals surface area contributed by atoms with Gasteiger partial charge in [-0.15, -0.1) is 11.3 Å². The number of piperidine rings is 1. The van der Waals surface area contributed by atoms with Gasteiger partial charge < -0.3 is 10.2 Å². The largest absolute Gasteiger partial charge is 0.350 e. The number of nitrogens with zero attached hydrogens (tertiary/aromatic N) is 1. The Kier molecular flexibility index (Phi) is 5.25. The lowest BCUT2D eigenvalue weighted by Crippen LogP contribution is -2.51. The van der Waals surface area contributed by atoms with Crippen LogP contribution >= 0.6 is 11.3 Å². The molecule has 1 atom stereocenters. The fourth-order valence-corrected chi connectivity index (χ4v) is 3.62. The van der Waals surface area contributed by atoms with E-state index in [0.717, 1.165) is 12.8 Å². The molecule has 0 saturated carbocycles. The summed E-state index contributed by atoms with van der Waals surface area (Å²) >= 11 is 1.39. The number of rotatable bonds is 4. The molecule has 4 nitrogen and oxygen atoms in total. The molecule has 1 unspecified atom stereocenters. The third-order valence-electron chi connectivity index (χ3n) is 4.15. The van der Waals surface area contributed by atoms with Crippen molar-refractivity contribution in [3.63, 3.8) is 0 Å². The standard InChI is InChI=1S/C18H19FN2O2S/c19-14-6-3-5-13(11-14)12-20-17(22)15-7-1-2-9-21(15)18(23)16-8-4-10-24-16/h3-6,8,10-11,15H,1-2,7,9,12H2,(H,20,22). The summed E-state index contributed by atoms with van der Waals surface area (Å²) in [6.45, 7) is 0.850. The highest BCUT2D eigenvalue weighted by atomic mass is 32.1. The zero-order valence-corrected chi connectivity index (χ0v) is 14.0. The van der Waals surface area contributed by atoms with E-state index >= 15 is 0 Å². The topological polar surface area (TPSA) is 49.4 Å². The van der Waals surface area contributed by atoms with Crippen molar-refractivity contribution in [2.75, 3.05) is 6.54 Å². The van der Waals surface area contributed by atoms with Crippen molar-refractivity contribution in [2.45, 2.75) is 31.8 Å². The summed E-state index contributed by atoms with van der Waals surface area (Å²) in [6, 6.07) is 9.30. The van der Waals surface area contributed by atoms with Crippen LogP contribution in [0, 0.1) is 5.82 Å². The van der Waals surface area contributed by atoms with Gasteiger partial charge in [0.1, 0.15) is 11.9 Å². The molecular weight excluding hydrogens is 327 g/mol. The highest BCUT2D eigenvalue weighted by molar-refractivity contribution is 7.12. The van der Waals surface area contributed by atoms with Gasteiger partial charge in [-0.1, -0.05) is 18.2 Å². The van der Waals surface area contributed by atoms with Gasteiger partial charge in [0.05, 0.1) is 4.88 Å². The predicted molar refractivity (Wildman–Crippen MR) is 91.2 cm³/mol. The SMILES string of the molecule is O=C(NCc1cccc(F)c1)C1CCCCN1C(=O)c1cccs1. The lowest BCUT2D eigenvalue weighted by atomic mass is 10.0. The molecule has 126 valence electrons. The van der Waals surface area contributed by atoms with Gasteiger partial charge in [0.15, 0.2) is 0 Å². The third kappa shape index (κ3) is 3.82. The van der Waals surface area contributed by atoms with Crippen LogP contribution in [0.2, 0.25) is 0 Å². The van der Waals surface area contributed by atoms with Crippen molar-refractivity contribution < 1.29 is 14.0 Å². The number of carbonyl (C=O) groups is 2. The first-order valence-corrected chi connectivity index (χ1v) is 8.90. The normalized spacial score (nSPS) is 17.5. The maximum Gasteiger partial charge on any atom is 0.264 e. The fraction of sp³-hybridized carbons (Fsp3) is 0.333. The van der Waals surface area contributed by atoms with Gasteiger partial charge in [-0.3, -0.25) is 9.59 Å². The molecule has 1 aliphatic heterocycles. The van der Waals surface area contributed by atoms with Crippen LogP contribution in [0.1, 0.15) is 34.5 Å². The summed E-state index contributed by atoms with van der Waals surface area (Å²) in [7, 11) is 0. The minimum atomic E-state index is -0.457. The van der Waals surface area contributed by atoms with E-state index in [2.05, 4.69) is 5.32 Å². The molecule has 0 radical (unpaired) electrons. The minimum absolute atomic E-state index is 0.0874. The zero-order chi connectivity index (χ0) is 16.9. The molecule has 1 N–H and O–H groups in total. The summed E-state index contributed by atoms with van der Waals surface area (Å²) in [6.07, 6.45) is 2.49. The first kappa shape index (κ1) is 16.6. The Morgan fingerprint density at radius 3 is 2.88 bits per heavy atom. The van der Waals surface area contributed by atoms with Crippen molar-refractivity contribution in [1.82, 2.24) is 10.2 Å². The Morgan fingerprint density at radius 2 is 2.12 bits per heavy atom. The van der Waals surface area contributed by atoms with E-state index in [0.29, 0.717) is 23.4 Å². The van der Waals surface area contributed by atoms with Crippen LogP contribution < -0.4 is 5.32 Å². The number of carbonyl (C=O) groups excluding carboxylic acids is 2. The first-order chi connectivity index (χ1) is 11.6. The van der Waals surface area contributed by atoms with Crippen LogP contribution in [0.5, 0.6) is 0 Å². The van der Waals surface area contributed by atoms with Gasteiger partial charge in [0, 0.05) is 13.1 Å². The summed E-state index contributed by atoms with van der Waals surface area (Å²) in [5.74, 6) is -0.589.